The van der Waals surface area contributed by atoms with Crippen LogP contribution in [0.3, 0.4) is 0 Å². The van der Waals surface area contributed by atoms with E-state index in [0.717, 1.165) is 33.2 Å². The second-order valence-electron chi connectivity index (χ2n) is 8.55. The summed E-state index contributed by atoms with van der Waals surface area (Å²) in [4.78, 5) is 23.0. The highest BCUT2D eigenvalue weighted by atomic mass is 16.5. The van der Waals surface area contributed by atoms with E-state index in [4.69, 9.17) is 15.2 Å². The second kappa shape index (κ2) is 9.94. The Morgan fingerprint density at radius 3 is 2.42 bits per heavy atom. The molecule has 0 atom stereocenters. The van der Waals surface area contributed by atoms with E-state index < -0.39 is 6.03 Å². The van der Waals surface area contributed by atoms with Gasteiger partial charge in [0.25, 0.3) is 0 Å². The van der Waals surface area contributed by atoms with Gasteiger partial charge in [-0.15, -0.1) is 0 Å². The average Bonchev–Trinajstić information content (AvgIpc) is 3.36. The largest absolute Gasteiger partial charge is 0.496 e. The maximum Gasteiger partial charge on any atom is 0.316 e. The van der Waals surface area contributed by atoms with Crippen molar-refractivity contribution in [1.82, 2.24) is 0 Å². The van der Waals surface area contributed by atoms with E-state index in [0.29, 0.717) is 24.4 Å². The Bertz CT molecular complexity index is 1180. The smallest absolute Gasteiger partial charge is 0.316 e. The number of aryl methyl sites for hydroxylation is 1. The van der Waals surface area contributed by atoms with Gasteiger partial charge in [-0.1, -0.05) is 43.2 Å². The van der Waals surface area contributed by atoms with Gasteiger partial charge in [0, 0.05) is 17.7 Å². The van der Waals surface area contributed by atoms with Gasteiger partial charge in [0.2, 0.25) is 0 Å². The number of hydrogen-bond donors (Lipinski definition) is 2. The standard InChI is InChI=1S/C27H30N2O4/c1-32-24(30)14-11-18-10-13-23(17-5-3-4-6-17)25(26(18)33-2)21-8-7-20-16-22(29-27(28)31)12-9-19(20)15-21/h7-10,12-13,15-17H,3-6,11,14H2,1-2H3,(H3,28,29,31). The molecule has 3 aromatic carbocycles. The quantitative estimate of drug-likeness (QED) is 0.451. The van der Waals surface area contributed by atoms with Crippen molar-refractivity contribution in [2.45, 2.75) is 44.4 Å². The number of fused-ring (bicyclic) bond motifs is 1. The van der Waals surface area contributed by atoms with E-state index in [2.05, 4.69) is 35.6 Å². The van der Waals surface area contributed by atoms with Gasteiger partial charge in [-0.05, 0) is 70.8 Å². The Balaban J connectivity index is 1.81. The van der Waals surface area contributed by atoms with Crippen molar-refractivity contribution >= 4 is 28.5 Å². The highest BCUT2D eigenvalue weighted by molar-refractivity contribution is 5.95. The van der Waals surface area contributed by atoms with Gasteiger partial charge in [0.15, 0.2) is 0 Å². The number of carbonyl (C=O) groups is 2. The summed E-state index contributed by atoms with van der Waals surface area (Å²) in [6, 6.07) is 15.8. The minimum atomic E-state index is -0.583. The number of nitrogens with two attached hydrogens (primary N) is 1. The van der Waals surface area contributed by atoms with Gasteiger partial charge in [-0.3, -0.25) is 4.79 Å². The third-order valence-corrected chi connectivity index (χ3v) is 6.49. The molecule has 33 heavy (non-hydrogen) atoms. The number of urea groups is 1. The van der Waals surface area contributed by atoms with Crippen molar-refractivity contribution in [2.24, 2.45) is 5.73 Å². The van der Waals surface area contributed by atoms with Gasteiger partial charge >= 0.3 is 12.0 Å². The lowest BCUT2D eigenvalue weighted by atomic mass is 9.86. The van der Waals surface area contributed by atoms with Crippen molar-refractivity contribution in [3.63, 3.8) is 0 Å². The number of anilines is 1. The molecule has 0 spiro atoms. The molecule has 0 bridgehead atoms. The van der Waals surface area contributed by atoms with Crippen molar-refractivity contribution in [3.05, 3.63) is 59.7 Å². The molecule has 1 aliphatic carbocycles. The zero-order valence-corrected chi connectivity index (χ0v) is 19.1. The van der Waals surface area contributed by atoms with Gasteiger partial charge in [0.05, 0.1) is 14.2 Å². The predicted octanol–water partition coefficient (Wildman–Crippen LogP) is 5.77. The van der Waals surface area contributed by atoms with Crippen LogP contribution in [0.5, 0.6) is 5.75 Å². The molecule has 172 valence electrons. The van der Waals surface area contributed by atoms with Crippen LogP contribution in [0.2, 0.25) is 0 Å². The fourth-order valence-electron chi connectivity index (χ4n) is 4.91. The first-order valence-electron chi connectivity index (χ1n) is 11.4. The topological polar surface area (TPSA) is 90.6 Å². The van der Waals surface area contributed by atoms with Gasteiger partial charge in [-0.2, -0.15) is 0 Å². The summed E-state index contributed by atoms with van der Waals surface area (Å²) in [7, 11) is 3.11. The molecule has 1 aliphatic rings. The number of hydrogen-bond acceptors (Lipinski definition) is 4. The molecule has 0 saturated heterocycles. The number of primary amides is 1. The minimum absolute atomic E-state index is 0.232. The van der Waals surface area contributed by atoms with Crippen LogP contribution in [-0.4, -0.2) is 26.2 Å². The summed E-state index contributed by atoms with van der Waals surface area (Å²) in [6.45, 7) is 0. The second-order valence-corrected chi connectivity index (χ2v) is 8.55. The molecular weight excluding hydrogens is 416 g/mol. The molecule has 1 fully saturated rings. The number of rotatable bonds is 7. The number of nitrogens with one attached hydrogen (secondary N) is 1. The van der Waals surface area contributed by atoms with Crippen molar-refractivity contribution in [1.29, 1.82) is 0 Å². The Kier molecular flexibility index (Phi) is 6.82. The summed E-state index contributed by atoms with van der Waals surface area (Å²) >= 11 is 0. The Hall–Kier alpha value is -3.54. The molecule has 6 nitrogen and oxygen atoms in total. The highest BCUT2D eigenvalue weighted by Crippen LogP contribution is 2.45. The monoisotopic (exact) mass is 446 g/mol. The van der Waals surface area contributed by atoms with Crippen LogP contribution >= 0.6 is 0 Å². The first-order chi connectivity index (χ1) is 16.0. The lowest BCUT2D eigenvalue weighted by molar-refractivity contribution is -0.140. The molecule has 3 N–H and O–H groups in total. The summed E-state index contributed by atoms with van der Waals surface area (Å²) in [5.41, 5.74) is 10.4. The molecule has 0 unspecified atom stereocenters. The SMILES string of the molecule is COC(=O)CCc1ccc(C2CCCC2)c(-c2ccc3cc(NC(N)=O)ccc3c2)c1OC. The molecular formula is C27H30N2O4. The molecule has 2 amide bonds. The normalized spacial score (nSPS) is 13.8. The minimum Gasteiger partial charge on any atom is -0.496 e. The summed E-state index contributed by atoms with van der Waals surface area (Å²) in [6.07, 6.45) is 5.69. The zero-order chi connectivity index (χ0) is 23.4. The Morgan fingerprint density at radius 2 is 1.73 bits per heavy atom. The van der Waals surface area contributed by atoms with Crippen LogP contribution in [0, 0.1) is 0 Å². The number of ether oxygens (including phenoxy) is 2. The van der Waals surface area contributed by atoms with E-state index in [-0.39, 0.29) is 5.97 Å². The Labute approximate surface area is 194 Å². The van der Waals surface area contributed by atoms with Crippen molar-refractivity contribution in [2.75, 3.05) is 19.5 Å². The number of carbonyl (C=O) groups excluding carboxylic acids is 2. The van der Waals surface area contributed by atoms with Crippen LogP contribution < -0.4 is 15.8 Å². The first kappa shape index (κ1) is 22.6. The van der Waals surface area contributed by atoms with Crippen LogP contribution in [-0.2, 0) is 16.0 Å². The zero-order valence-electron chi connectivity index (χ0n) is 19.1. The van der Waals surface area contributed by atoms with Crippen molar-refractivity contribution < 1.29 is 19.1 Å². The number of methoxy groups -OCH3 is 2. The van der Waals surface area contributed by atoms with Crippen LogP contribution in [0.15, 0.2) is 48.5 Å². The fraction of sp³-hybridized carbons (Fsp3) is 0.333. The molecule has 0 aromatic heterocycles. The van der Waals surface area contributed by atoms with Gasteiger partial charge < -0.3 is 20.5 Å². The molecule has 3 aromatic rings. The molecule has 1 saturated carbocycles. The van der Waals surface area contributed by atoms with Crippen LogP contribution in [0.1, 0.15) is 49.1 Å². The number of amides is 2. The van der Waals surface area contributed by atoms with E-state index in [1.165, 1.54) is 38.4 Å². The first-order valence-corrected chi connectivity index (χ1v) is 11.4. The molecule has 0 radical (unpaired) electrons. The molecule has 6 heteroatoms. The van der Waals surface area contributed by atoms with Crippen molar-refractivity contribution in [3.8, 4) is 16.9 Å². The van der Waals surface area contributed by atoms with E-state index in [1.54, 1.807) is 7.11 Å². The highest BCUT2D eigenvalue weighted by Gasteiger charge is 2.25. The lowest BCUT2D eigenvalue weighted by Crippen LogP contribution is -2.19. The average molecular weight is 447 g/mol. The Morgan fingerprint density at radius 1 is 1.00 bits per heavy atom. The van der Waals surface area contributed by atoms with E-state index >= 15 is 0 Å². The predicted molar refractivity (Wildman–Crippen MR) is 131 cm³/mol. The third-order valence-electron chi connectivity index (χ3n) is 6.49. The van der Waals surface area contributed by atoms with Crippen LogP contribution in [0.25, 0.3) is 21.9 Å². The maximum atomic E-state index is 11.8. The molecule has 0 aliphatic heterocycles. The summed E-state index contributed by atoms with van der Waals surface area (Å²) in [5, 5.41) is 4.69. The van der Waals surface area contributed by atoms with Crippen LogP contribution in [0.4, 0.5) is 10.5 Å². The third kappa shape index (κ3) is 4.95. The van der Waals surface area contributed by atoms with E-state index in [1.807, 2.05) is 18.2 Å². The summed E-state index contributed by atoms with van der Waals surface area (Å²) in [5.74, 6) is 1.10. The number of esters is 1. The van der Waals surface area contributed by atoms with E-state index in [9.17, 15) is 9.59 Å². The number of benzene rings is 3. The molecule has 4 rings (SSSR count). The molecule has 0 heterocycles. The summed E-state index contributed by atoms with van der Waals surface area (Å²) < 4.78 is 10.8. The van der Waals surface area contributed by atoms with Gasteiger partial charge in [-0.25, -0.2) is 4.79 Å². The fourth-order valence-corrected chi connectivity index (χ4v) is 4.91. The maximum absolute atomic E-state index is 11.8. The van der Waals surface area contributed by atoms with Gasteiger partial charge in [0.1, 0.15) is 5.75 Å². The lowest BCUT2D eigenvalue weighted by Gasteiger charge is -2.22.